The minimum Gasteiger partial charge on any atom is -0.503 e. The SMILES string of the molecule is Cc1cccc(C2C(C(=O)C(C)(C)C)=C(O)C(=O)N2c2ccc(C(=O)OC(C)C)cc2)c1. The van der Waals surface area contributed by atoms with Crippen LogP contribution in [0, 0.1) is 12.3 Å². The highest BCUT2D eigenvalue weighted by molar-refractivity contribution is 6.17. The molecular weight excluding hydrogens is 406 g/mol. The first-order valence-electron chi connectivity index (χ1n) is 10.6. The third-order valence-electron chi connectivity index (χ3n) is 5.22. The molecule has 1 unspecified atom stereocenters. The van der Waals surface area contributed by atoms with Gasteiger partial charge in [-0.2, -0.15) is 0 Å². The Hall–Kier alpha value is -3.41. The molecule has 0 saturated heterocycles. The van der Waals surface area contributed by atoms with Crippen molar-refractivity contribution in [3.05, 3.63) is 76.6 Å². The second-order valence-electron chi connectivity index (χ2n) is 9.33. The fraction of sp³-hybridized carbons (Fsp3) is 0.346. The van der Waals surface area contributed by atoms with Gasteiger partial charge in [0, 0.05) is 11.1 Å². The van der Waals surface area contributed by atoms with E-state index < -0.39 is 29.1 Å². The number of hydrogen-bond acceptors (Lipinski definition) is 5. The van der Waals surface area contributed by atoms with Crippen LogP contribution in [0.3, 0.4) is 0 Å². The van der Waals surface area contributed by atoms with Crippen molar-refractivity contribution in [2.45, 2.75) is 53.7 Å². The fourth-order valence-electron chi connectivity index (χ4n) is 3.70. The highest BCUT2D eigenvalue weighted by Crippen LogP contribution is 2.43. The van der Waals surface area contributed by atoms with Gasteiger partial charge in [0.1, 0.15) is 0 Å². The van der Waals surface area contributed by atoms with Crippen LogP contribution in [-0.4, -0.2) is 28.9 Å². The van der Waals surface area contributed by atoms with E-state index in [1.165, 1.54) is 4.90 Å². The normalized spacial score (nSPS) is 16.7. The molecule has 0 bridgehead atoms. The molecule has 0 spiro atoms. The number of carbonyl (C=O) groups excluding carboxylic acids is 3. The Labute approximate surface area is 188 Å². The van der Waals surface area contributed by atoms with E-state index in [0.29, 0.717) is 11.3 Å². The average Bonchev–Trinajstić information content (AvgIpc) is 2.97. The Morgan fingerprint density at radius 3 is 2.22 bits per heavy atom. The summed E-state index contributed by atoms with van der Waals surface area (Å²) in [5.74, 6) is -1.95. The lowest BCUT2D eigenvalue weighted by molar-refractivity contribution is -0.123. The molecule has 32 heavy (non-hydrogen) atoms. The molecule has 1 aliphatic rings. The maximum Gasteiger partial charge on any atom is 0.338 e. The lowest BCUT2D eigenvalue weighted by atomic mass is 9.82. The number of hydrogen-bond donors (Lipinski definition) is 1. The molecule has 1 amide bonds. The Bertz CT molecular complexity index is 1090. The Kier molecular flexibility index (Phi) is 6.26. The van der Waals surface area contributed by atoms with Gasteiger partial charge in [-0.15, -0.1) is 0 Å². The van der Waals surface area contributed by atoms with Gasteiger partial charge < -0.3 is 9.84 Å². The van der Waals surface area contributed by atoms with Crippen molar-refractivity contribution in [3.8, 4) is 0 Å². The third kappa shape index (κ3) is 4.44. The molecule has 1 heterocycles. The maximum atomic E-state index is 13.3. The number of aryl methyl sites for hydroxylation is 1. The van der Waals surface area contributed by atoms with Crippen LogP contribution in [0.15, 0.2) is 59.9 Å². The molecular formula is C26H29NO5. The quantitative estimate of drug-likeness (QED) is 0.663. The molecule has 3 rings (SSSR count). The molecule has 0 fully saturated rings. The van der Waals surface area contributed by atoms with Gasteiger partial charge >= 0.3 is 5.97 Å². The van der Waals surface area contributed by atoms with Crippen molar-refractivity contribution in [1.29, 1.82) is 0 Å². The van der Waals surface area contributed by atoms with Crippen LogP contribution < -0.4 is 4.90 Å². The molecule has 2 aromatic carbocycles. The molecule has 0 saturated carbocycles. The van der Waals surface area contributed by atoms with Crippen molar-refractivity contribution >= 4 is 23.3 Å². The average molecular weight is 436 g/mol. The molecule has 1 N–H and O–H groups in total. The largest absolute Gasteiger partial charge is 0.503 e. The molecule has 0 aromatic heterocycles. The molecule has 1 atom stereocenters. The fourth-order valence-corrected chi connectivity index (χ4v) is 3.70. The summed E-state index contributed by atoms with van der Waals surface area (Å²) in [5.41, 5.74) is 1.80. The van der Waals surface area contributed by atoms with Crippen molar-refractivity contribution in [3.63, 3.8) is 0 Å². The van der Waals surface area contributed by atoms with Gasteiger partial charge in [0.25, 0.3) is 5.91 Å². The number of Topliss-reactive ketones (excluding diaryl/α,β-unsaturated/α-hetero) is 1. The first-order valence-corrected chi connectivity index (χ1v) is 10.6. The molecule has 6 heteroatoms. The number of rotatable bonds is 5. The Balaban J connectivity index is 2.09. The van der Waals surface area contributed by atoms with E-state index >= 15 is 0 Å². The van der Waals surface area contributed by atoms with Gasteiger partial charge in [-0.25, -0.2) is 4.79 Å². The number of aliphatic hydroxyl groups is 1. The summed E-state index contributed by atoms with van der Waals surface area (Å²) in [7, 11) is 0. The van der Waals surface area contributed by atoms with Gasteiger partial charge in [0.2, 0.25) is 0 Å². The Morgan fingerprint density at radius 2 is 1.69 bits per heavy atom. The number of anilines is 1. The predicted octanol–water partition coefficient (Wildman–Crippen LogP) is 5.08. The van der Waals surface area contributed by atoms with Crippen molar-refractivity contribution in [2.24, 2.45) is 5.41 Å². The second-order valence-corrected chi connectivity index (χ2v) is 9.33. The van der Waals surface area contributed by atoms with Crippen molar-refractivity contribution in [2.75, 3.05) is 4.90 Å². The van der Waals surface area contributed by atoms with E-state index in [9.17, 15) is 19.5 Å². The lowest BCUT2D eigenvalue weighted by Crippen LogP contribution is -2.32. The van der Waals surface area contributed by atoms with Crippen molar-refractivity contribution < 1.29 is 24.2 Å². The van der Waals surface area contributed by atoms with E-state index in [1.807, 2.05) is 31.2 Å². The number of benzene rings is 2. The van der Waals surface area contributed by atoms with Crippen LogP contribution in [0.1, 0.15) is 62.1 Å². The molecule has 6 nitrogen and oxygen atoms in total. The van der Waals surface area contributed by atoms with Crippen LogP contribution in [0.2, 0.25) is 0 Å². The zero-order valence-electron chi connectivity index (χ0n) is 19.3. The van der Waals surface area contributed by atoms with Crippen LogP contribution in [-0.2, 0) is 14.3 Å². The summed E-state index contributed by atoms with van der Waals surface area (Å²) in [6.07, 6.45) is -0.250. The number of ether oxygens (including phenoxy) is 1. The summed E-state index contributed by atoms with van der Waals surface area (Å²) in [6.45, 7) is 10.7. The van der Waals surface area contributed by atoms with E-state index in [0.717, 1.165) is 11.1 Å². The van der Waals surface area contributed by atoms with E-state index in [2.05, 4.69) is 0 Å². The molecule has 2 aromatic rings. The minimum absolute atomic E-state index is 0.0800. The highest BCUT2D eigenvalue weighted by atomic mass is 16.5. The first kappa shape index (κ1) is 23.3. The number of esters is 1. The second kappa shape index (κ2) is 8.61. The number of carbonyl (C=O) groups is 3. The van der Waals surface area contributed by atoms with Crippen LogP contribution in [0.25, 0.3) is 0 Å². The number of ketones is 1. The molecule has 168 valence electrons. The number of aliphatic hydroxyl groups excluding tert-OH is 1. The summed E-state index contributed by atoms with van der Waals surface area (Å²) in [6, 6.07) is 13.1. The van der Waals surface area contributed by atoms with Gasteiger partial charge in [0.05, 0.1) is 23.3 Å². The van der Waals surface area contributed by atoms with E-state index in [-0.39, 0.29) is 17.5 Å². The van der Waals surface area contributed by atoms with E-state index in [1.54, 1.807) is 58.9 Å². The maximum absolute atomic E-state index is 13.3. The van der Waals surface area contributed by atoms with Gasteiger partial charge in [-0.05, 0) is 50.6 Å². The van der Waals surface area contributed by atoms with Gasteiger partial charge in [-0.1, -0.05) is 50.6 Å². The standard InChI is InChI=1S/C26H29NO5/c1-15(2)32-25(31)17-10-12-19(13-11-17)27-21(18-9-7-8-16(3)14-18)20(22(28)24(27)30)23(29)26(4,5)6/h7-15,21,28H,1-6H3. The van der Waals surface area contributed by atoms with Crippen LogP contribution in [0.4, 0.5) is 5.69 Å². The summed E-state index contributed by atoms with van der Waals surface area (Å²) in [4.78, 5) is 40.0. The Morgan fingerprint density at radius 1 is 1.06 bits per heavy atom. The lowest BCUT2D eigenvalue weighted by Gasteiger charge is -2.29. The van der Waals surface area contributed by atoms with Crippen molar-refractivity contribution in [1.82, 2.24) is 0 Å². The highest BCUT2D eigenvalue weighted by Gasteiger charge is 2.46. The summed E-state index contributed by atoms with van der Waals surface area (Å²) < 4.78 is 5.22. The zero-order valence-corrected chi connectivity index (χ0v) is 19.3. The number of amides is 1. The summed E-state index contributed by atoms with van der Waals surface area (Å²) >= 11 is 0. The first-order chi connectivity index (χ1) is 14.9. The van der Waals surface area contributed by atoms with Crippen LogP contribution >= 0.6 is 0 Å². The van der Waals surface area contributed by atoms with Crippen LogP contribution in [0.5, 0.6) is 0 Å². The topological polar surface area (TPSA) is 83.9 Å². The monoisotopic (exact) mass is 435 g/mol. The smallest absolute Gasteiger partial charge is 0.338 e. The third-order valence-corrected chi connectivity index (χ3v) is 5.22. The van der Waals surface area contributed by atoms with E-state index in [4.69, 9.17) is 4.74 Å². The molecule has 0 radical (unpaired) electrons. The predicted molar refractivity (Wildman–Crippen MR) is 123 cm³/mol. The number of nitrogens with zero attached hydrogens (tertiary/aromatic N) is 1. The van der Waals surface area contributed by atoms with Gasteiger partial charge in [-0.3, -0.25) is 14.5 Å². The van der Waals surface area contributed by atoms with Gasteiger partial charge in [0.15, 0.2) is 11.5 Å². The zero-order chi connectivity index (χ0) is 23.8. The summed E-state index contributed by atoms with van der Waals surface area (Å²) in [5, 5.41) is 10.8. The molecule has 1 aliphatic heterocycles. The molecule has 0 aliphatic carbocycles. The minimum atomic E-state index is -0.786.